The van der Waals surface area contributed by atoms with Crippen LogP contribution in [0.3, 0.4) is 0 Å². The maximum absolute atomic E-state index is 6.18. The van der Waals surface area contributed by atoms with Gasteiger partial charge in [0.05, 0.1) is 10.7 Å². The van der Waals surface area contributed by atoms with E-state index < -0.39 is 0 Å². The number of nitrogens with one attached hydrogen (secondary N) is 1. The predicted molar refractivity (Wildman–Crippen MR) is 83.9 cm³/mol. The second-order valence-corrected chi connectivity index (χ2v) is 6.50. The highest BCUT2D eigenvalue weighted by molar-refractivity contribution is 14.1. The van der Waals surface area contributed by atoms with E-state index in [0.717, 1.165) is 23.2 Å². The molecule has 1 fully saturated rings. The molecule has 2 rings (SSSR count). The van der Waals surface area contributed by atoms with Crippen molar-refractivity contribution in [1.82, 2.24) is 0 Å². The van der Waals surface area contributed by atoms with Crippen molar-refractivity contribution in [3.63, 3.8) is 0 Å². The number of benzene rings is 1. The Balaban J connectivity index is 1.77. The summed E-state index contributed by atoms with van der Waals surface area (Å²) in [6.07, 6.45) is 8.41. The standard InChI is InChI=1S/C14H19ClIN/c15-13-10-12(16)6-7-14(13)17-9-8-11-4-2-1-3-5-11/h6-7,10-11,17H,1-5,8-9H2. The highest BCUT2D eigenvalue weighted by atomic mass is 127. The molecule has 1 nitrogen and oxygen atoms in total. The zero-order valence-electron chi connectivity index (χ0n) is 10.0. The lowest BCUT2D eigenvalue weighted by atomic mass is 9.87. The van der Waals surface area contributed by atoms with E-state index in [1.807, 2.05) is 6.07 Å². The van der Waals surface area contributed by atoms with Crippen molar-refractivity contribution in [2.24, 2.45) is 5.92 Å². The van der Waals surface area contributed by atoms with Crippen molar-refractivity contribution in [2.45, 2.75) is 38.5 Å². The number of anilines is 1. The van der Waals surface area contributed by atoms with Crippen molar-refractivity contribution in [3.05, 3.63) is 26.8 Å². The average Bonchev–Trinajstić information content (AvgIpc) is 2.33. The van der Waals surface area contributed by atoms with Crippen LogP contribution in [0.1, 0.15) is 38.5 Å². The minimum Gasteiger partial charge on any atom is -0.384 e. The average molecular weight is 364 g/mol. The van der Waals surface area contributed by atoms with E-state index in [1.165, 1.54) is 42.1 Å². The molecule has 0 amide bonds. The van der Waals surface area contributed by atoms with Gasteiger partial charge in [-0.05, 0) is 53.1 Å². The van der Waals surface area contributed by atoms with E-state index >= 15 is 0 Å². The fourth-order valence-corrected chi connectivity index (χ4v) is 3.44. The van der Waals surface area contributed by atoms with Crippen LogP contribution in [-0.2, 0) is 0 Å². The first-order valence-electron chi connectivity index (χ1n) is 6.44. The summed E-state index contributed by atoms with van der Waals surface area (Å²) in [5, 5.41) is 4.29. The molecular formula is C14H19ClIN. The Kier molecular flexibility index (Phi) is 5.42. The van der Waals surface area contributed by atoms with Crippen LogP contribution in [0.25, 0.3) is 0 Å². The summed E-state index contributed by atoms with van der Waals surface area (Å²) in [4.78, 5) is 0. The minimum atomic E-state index is 0.834. The molecule has 0 aliphatic heterocycles. The third-order valence-corrected chi connectivity index (χ3v) is 4.51. The molecule has 1 saturated carbocycles. The lowest BCUT2D eigenvalue weighted by Crippen LogP contribution is -2.12. The molecule has 0 bridgehead atoms. The Morgan fingerprint density at radius 2 is 2.00 bits per heavy atom. The summed E-state index contributed by atoms with van der Waals surface area (Å²) >= 11 is 8.47. The van der Waals surface area contributed by atoms with Gasteiger partial charge in [0.1, 0.15) is 0 Å². The minimum absolute atomic E-state index is 0.834. The number of halogens is 2. The second-order valence-electron chi connectivity index (χ2n) is 4.84. The normalized spacial score (nSPS) is 17.1. The van der Waals surface area contributed by atoms with Gasteiger partial charge in [-0.3, -0.25) is 0 Å². The molecule has 0 heterocycles. The third kappa shape index (κ3) is 4.32. The maximum atomic E-state index is 6.18. The molecule has 0 aromatic heterocycles. The van der Waals surface area contributed by atoms with E-state index in [2.05, 4.69) is 40.0 Å². The Hall–Kier alpha value is 0.0400. The van der Waals surface area contributed by atoms with Gasteiger partial charge in [0, 0.05) is 10.1 Å². The molecule has 0 saturated heterocycles. The van der Waals surface area contributed by atoms with Crippen molar-refractivity contribution in [2.75, 3.05) is 11.9 Å². The fraction of sp³-hybridized carbons (Fsp3) is 0.571. The zero-order chi connectivity index (χ0) is 12.1. The monoisotopic (exact) mass is 363 g/mol. The Morgan fingerprint density at radius 1 is 1.24 bits per heavy atom. The number of hydrogen-bond acceptors (Lipinski definition) is 1. The lowest BCUT2D eigenvalue weighted by molar-refractivity contribution is 0.345. The van der Waals surface area contributed by atoms with Crippen LogP contribution in [0.4, 0.5) is 5.69 Å². The summed E-state index contributed by atoms with van der Waals surface area (Å²) in [6, 6.07) is 6.17. The van der Waals surface area contributed by atoms with Crippen LogP contribution in [0.2, 0.25) is 5.02 Å². The van der Waals surface area contributed by atoms with E-state index in [1.54, 1.807) is 0 Å². The first-order chi connectivity index (χ1) is 8.25. The molecule has 17 heavy (non-hydrogen) atoms. The van der Waals surface area contributed by atoms with E-state index in [0.29, 0.717) is 0 Å². The van der Waals surface area contributed by atoms with E-state index in [4.69, 9.17) is 11.6 Å². The highest BCUT2D eigenvalue weighted by Crippen LogP contribution is 2.27. The van der Waals surface area contributed by atoms with Gasteiger partial charge in [0.2, 0.25) is 0 Å². The van der Waals surface area contributed by atoms with Gasteiger partial charge >= 0.3 is 0 Å². The molecule has 0 radical (unpaired) electrons. The molecule has 1 aliphatic carbocycles. The van der Waals surface area contributed by atoms with Crippen LogP contribution in [0.15, 0.2) is 18.2 Å². The molecule has 3 heteroatoms. The third-order valence-electron chi connectivity index (χ3n) is 3.52. The fourth-order valence-electron chi connectivity index (χ4n) is 2.52. The summed E-state index contributed by atoms with van der Waals surface area (Å²) in [7, 11) is 0. The molecule has 0 unspecified atom stereocenters. The summed E-state index contributed by atoms with van der Waals surface area (Å²) < 4.78 is 1.19. The quantitative estimate of drug-likeness (QED) is 0.713. The second kappa shape index (κ2) is 6.83. The van der Waals surface area contributed by atoms with Crippen molar-refractivity contribution in [1.29, 1.82) is 0 Å². The van der Waals surface area contributed by atoms with Gasteiger partial charge in [0.25, 0.3) is 0 Å². The SMILES string of the molecule is Clc1cc(I)ccc1NCCC1CCCCC1. The van der Waals surface area contributed by atoms with Crippen molar-refractivity contribution in [3.8, 4) is 0 Å². The van der Waals surface area contributed by atoms with Crippen LogP contribution >= 0.6 is 34.2 Å². The molecule has 1 N–H and O–H groups in total. The molecular weight excluding hydrogens is 345 g/mol. The largest absolute Gasteiger partial charge is 0.384 e. The van der Waals surface area contributed by atoms with Crippen LogP contribution < -0.4 is 5.32 Å². The van der Waals surface area contributed by atoms with E-state index in [9.17, 15) is 0 Å². The van der Waals surface area contributed by atoms with Gasteiger partial charge in [-0.2, -0.15) is 0 Å². The van der Waals surface area contributed by atoms with Gasteiger partial charge in [-0.25, -0.2) is 0 Å². The summed E-state index contributed by atoms with van der Waals surface area (Å²) in [5.74, 6) is 0.930. The summed E-state index contributed by atoms with van der Waals surface area (Å²) in [5.41, 5.74) is 1.07. The van der Waals surface area contributed by atoms with Crippen LogP contribution in [-0.4, -0.2) is 6.54 Å². The smallest absolute Gasteiger partial charge is 0.0648 e. The Bertz CT molecular complexity index is 361. The predicted octanol–water partition coefficient (Wildman–Crippen LogP) is 5.33. The molecule has 1 aromatic rings. The van der Waals surface area contributed by atoms with Gasteiger partial charge in [-0.15, -0.1) is 0 Å². The number of rotatable bonds is 4. The first-order valence-corrected chi connectivity index (χ1v) is 7.90. The number of hydrogen-bond donors (Lipinski definition) is 1. The van der Waals surface area contributed by atoms with Crippen LogP contribution in [0, 0.1) is 9.49 Å². The van der Waals surface area contributed by atoms with E-state index in [-0.39, 0.29) is 0 Å². The Morgan fingerprint density at radius 3 is 2.71 bits per heavy atom. The first kappa shape index (κ1) is 13.5. The molecule has 0 atom stereocenters. The van der Waals surface area contributed by atoms with Crippen molar-refractivity contribution >= 4 is 39.9 Å². The van der Waals surface area contributed by atoms with Gasteiger partial charge < -0.3 is 5.32 Å². The topological polar surface area (TPSA) is 12.0 Å². The maximum Gasteiger partial charge on any atom is 0.0648 e. The molecule has 1 aromatic carbocycles. The zero-order valence-corrected chi connectivity index (χ0v) is 12.9. The molecule has 0 spiro atoms. The Labute approximate surface area is 122 Å². The van der Waals surface area contributed by atoms with Crippen molar-refractivity contribution < 1.29 is 0 Å². The molecule has 1 aliphatic rings. The molecule has 94 valence electrons. The lowest BCUT2D eigenvalue weighted by Gasteiger charge is -2.21. The van der Waals surface area contributed by atoms with Gasteiger partial charge in [0.15, 0.2) is 0 Å². The van der Waals surface area contributed by atoms with Crippen LogP contribution in [0.5, 0.6) is 0 Å². The van der Waals surface area contributed by atoms with Gasteiger partial charge in [-0.1, -0.05) is 43.7 Å². The summed E-state index contributed by atoms with van der Waals surface area (Å²) in [6.45, 7) is 1.05. The highest BCUT2D eigenvalue weighted by Gasteiger charge is 2.12.